The third kappa shape index (κ3) is 8.25. The van der Waals surface area contributed by atoms with Gasteiger partial charge in [-0.1, -0.05) is 24.3 Å². The standard InChI is InChI=1S/C31H40N6O2/c1-36-22-25-6-4-5-24(19-25)20-27-21-30(34-23-33-27)35-26-7-9-29(10-8-26)39-18-3-2-14-32-31(38)13-17-37-15-11-28(36)12-16-37/h4-10,19,21,23,28H,2-3,11-18,20,22H2,1H3,(H,32,38)(H,33,34,35). The maximum Gasteiger partial charge on any atom is 0.221 e. The molecule has 8 rings (SSSR count). The maximum absolute atomic E-state index is 12.3. The summed E-state index contributed by atoms with van der Waals surface area (Å²) in [5.74, 6) is 1.75. The highest BCUT2D eigenvalue weighted by atomic mass is 16.5. The second-order valence-corrected chi connectivity index (χ2v) is 10.7. The molecule has 1 aromatic heterocycles. The summed E-state index contributed by atoms with van der Waals surface area (Å²) < 4.78 is 5.89. The van der Waals surface area contributed by atoms with Crippen LogP contribution in [0.3, 0.4) is 0 Å². The lowest BCUT2D eigenvalue weighted by atomic mass is 10.0. The van der Waals surface area contributed by atoms with Gasteiger partial charge in [0.2, 0.25) is 5.91 Å². The second-order valence-electron chi connectivity index (χ2n) is 10.7. The molecule has 8 heteroatoms. The number of hydrogen-bond acceptors (Lipinski definition) is 7. The van der Waals surface area contributed by atoms with Crippen molar-refractivity contribution in [2.24, 2.45) is 0 Å². The number of nitrogens with zero attached hydrogens (tertiary/aromatic N) is 4. The Morgan fingerprint density at radius 2 is 1.77 bits per heavy atom. The smallest absolute Gasteiger partial charge is 0.221 e. The van der Waals surface area contributed by atoms with Crippen molar-refractivity contribution in [3.8, 4) is 5.75 Å². The van der Waals surface area contributed by atoms with E-state index in [0.29, 0.717) is 25.6 Å². The molecule has 2 N–H and O–H groups in total. The summed E-state index contributed by atoms with van der Waals surface area (Å²) in [6, 6.07) is 19.3. The average molecular weight is 529 g/mol. The first-order valence-electron chi connectivity index (χ1n) is 14.2. The van der Waals surface area contributed by atoms with Crippen molar-refractivity contribution in [2.45, 2.75) is 51.1 Å². The molecular weight excluding hydrogens is 488 g/mol. The Morgan fingerprint density at radius 1 is 0.949 bits per heavy atom. The molecule has 0 atom stereocenters. The summed E-state index contributed by atoms with van der Waals surface area (Å²) in [7, 11) is 2.23. The quantitative estimate of drug-likeness (QED) is 0.448. The van der Waals surface area contributed by atoms with Crippen LogP contribution in [0.5, 0.6) is 5.75 Å². The topological polar surface area (TPSA) is 82.6 Å². The number of carbonyl (C=O) groups excluding carboxylic acids is 1. The molecule has 5 aliphatic rings. The molecule has 1 saturated heterocycles. The van der Waals surface area contributed by atoms with E-state index < -0.39 is 0 Å². The molecule has 0 unspecified atom stereocenters. The van der Waals surface area contributed by atoms with Gasteiger partial charge in [0.25, 0.3) is 0 Å². The van der Waals surface area contributed by atoms with Crippen LogP contribution in [0.25, 0.3) is 0 Å². The highest BCUT2D eigenvalue weighted by Gasteiger charge is 2.23. The van der Waals surface area contributed by atoms with Crippen molar-refractivity contribution in [2.75, 3.05) is 45.2 Å². The minimum atomic E-state index is 0.144. The van der Waals surface area contributed by atoms with Gasteiger partial charge in [0.05, 0.1) is 12.3 Å². The van der Waals surface area contributed by atoms with E-state index in [-0.39, 0.29) is 5.91 Å². The number of hydrogen-bond donors (Lipinski definition) is 2. The van der Waals surface area contributed by atoms with Gasteiger partial charge in [-0.15, -0.1) is 0 Å². The molecule has 39 heavy (non-hydrogen) atoms. The summed E-state index contributed by atoms with van der Waals surface area (Å²) in [5.41, 5.74) is 4.50. The number of carbonyl (C=O) groups is 1. The van der Waals surface area contributed by atoms with Crippen molar-refractivity contribution in [1.82, 2.24) is 25.1 Å². The highest BCUT2D eigenvalue weighted by molar-refractivity contribution is 5.76. The van der Waals surface area contributed by atoms with Crippen LogP contribution in [-0.4, -0.2) is 71.6 Å². The number of piperidine rings is 1. The Balaban J connectivity index is 1.27. The van der Waals surface area contributed by atoms with Gasteiger partial charge < -0.3 is 20.3 Å². The van der Waals surface area contributed by atoms with E-state index in [1.165, 1.54) is 11.1 Å². The zero-order valence-electron chi connectivity index (χ0n) is 22.9. The van der Waals surface area contributed by atoms with Crippen molar-refractivity contribution < 1.29 is 9.53 Å². The zero-order chi connectivity index (χ0) is 26.9. The molecule has 5 aliphatic heterocycles. The molecule has 8 nitrogen and oxygen atoms in total. The molecule has 6 heterocycles. The Hall–Kier alpha value is -3.49. The molecule has 206 valence electrons. The van der Waals surface area contributed by atoms with Gasteiger partial charge in [0.1, 0.15) is 17.9 Å². The average Bonchev–Trinajstić information content (AvgIpc) is 2.95. The molecular formula is C31H40N6O2. The van der Waals surface area contributed by atoms with Crippen molar-refractivity contribution >= 4 is 17.4 Å². The molecule has 8 bridgehead atoms. The molecule has 3 aromatic rings. The first-order valence-corrected chi connectivity index (χ1v) is 14.2. The maximum atomic E-state index is 12.3. The molecule has 0 spiro atoms. The lowest BCUT2D eigenvalue weighted by molar-refractivity contribution is -0.121. The van der Waals surface area contributed by atoms with Gasteiger partial charge in [0.15, 0.2) is 0 Å². The first kappa shape index (κ1) is 27.1. The van der Waals surface area contributed by atoms with E-state index in [9.17, 15) is 4.79 Å². The third-order valence-corrected chi connectivity index (χ3v) is 7.66. The van der Waals surface area contributed by atoms with E-state index >= 15 is 0 Å². The van der Waals surface area contributed by atoms with E-state index in [2.05, 4.69) is 61.7 Å². The Kier molecular flexibility index (Phi) is 9.40. The molecule has 2 aromatic carbocycles. The van der Waals surface area contributed by atoms with Crippen molar-refractivity contribution in [1.29, 1.82) is 0 Å². The molecule has 0 aliphatic carbocycles. The third-order valence-electron chi connectivity index (χ3n) is 7.66. The van der Waals surface area contributed by atoms with Gasteiger partial charge in [0, 0.05) is 50.3 Å². The molecule has 1 amide bonds. The number of nitrogens with one attached hydrogen (secondary N) is 2. The van der Waals surface area contributed by atoms with Gasteiger partial charge in [-0.25, -0.2) is 9.97 Å². The Morgan fingerprint density at radius 3 is 2.62 bits per heavy atom. The predicted octanol–water partition coefficient (Wildman–Crippen LogP) is 4.39. The summed E-state index contributed by atoms with van der Waals surface area (Å²) in [6.45, 7) is 5.18. The van der Waals surface area contributed by atoms with E-state index in [0.717, 1.165) is 81.2 Å². The van der Waals surface area contributed by atoms with Crippen LogP contribution >= 0.6 is 0 Å². The fraction of sp³-hybridized carbons (Fsp3) is 0.452. The predicted molar refractivity (Wildman–Crippen MR) is 154 cm³/mol. The largest absolute Gasteiger partial charge is 0.494 e. The van der Waals surface area contributed by atoms with Crippen molar-refractivity contribution in [3.63, 3.8) is 0 Å². The number of aromatic nitrogens is 2. The van der Waals surface area contributed by atoms with Gasteiger partial charge >= 0.3 is 0 Å². The number of amides is 1. The van der Waals surface area contributed by atoms with Crippen LogP contribution in [0.1, 0.15) is 48.9 Å². The van der Waals surface area contributed by atoms with Gasteiger partial charge in [-0.05, 0) is 81.2 Å². The van der Waals surface area contributed by atoms with Crippen LogP contribution in [0.4, 0.5) is 11.5 Å². The van der Waals surface area contributed by atoms with Crippen molar-refractivity contribution in [3.05, 3.63) is 77.7 Å². The summed E-state index contributed by atoms with van der Waals surface area (Å²) >= 11 is 0. The molecule has 1 fully saturated rings. The van der Waals surface area contributed by atoms with Crippen LogP contribution < -0.4 is 15.4 Å². The zero-order valence-corrected chi connectivity index (χ0v) is 22.9. The fourth-order valence-corrected chi connectivity index (χ4v) is 5.39. The van der Waals surface area contributed by atoms with Crippen LogP contribution in [0, 0.1) is 0 Å². The summed E-state index contributed by atoms with van der Waals surface area (Å²) in [5, 5.41) is 6.44. The summed E-state index contributed by atoms with van der Waals surface area (Å²) in [6.07, 6.45) is 7.02. The second kappa shape index (κ2) is 13.5. The molecule has 0 radical (unpaired) electrons. The monoisotopic (exact) mass is 528 g/mol. The fourth-order valence-electron chi connectivity index (χ4n) is 5.39. The SMILES string of the molecule is CN1Cc2cccc(c2)Cc2cc(ncn2)Nc2ccc(cc2)OCCCCNC(=O)CCN2CCC1CC2. The van der Waals surface area contributed by atoms with E-state index in [4.69, 9.17) is 4.74 Å². The van der Waals surface area contributed by atoms with Gasteiger partial charge in [-0.3, -0.25) is 9.69 Å². The van der Waals surface area contributed by atoms with E-state index in [1.807, 2.05) is 30.3 Å². The Labute approximate surface area is 231 Å². The lowest BCUT2D eigenvalue weighted by Crippen LogP contribution is -2.44. The molecule has 0 saturated carbocycles. The normalized spacial score (nSPS) is 21.8. The van der Waals surface area contributed by atoms with Crippen LogP contribution in [-0.2, 0) is 17.8 Å². The minimum Gasteiger partial charge on any atom is -0.494 e. The number of benzene rings is 2. The first-order chi connectivity index (χ1) is 19.1. The number of rotatable bonds is 0. The summed E-state index contributed by atoms with van der Waals surface area (Å²) in [4.78, 5) is 26.2. The van der Waals surface area contributed by atoms with Gasteiger partial charge in [-0.2, -0.15) is 0 Å². The van der Waals surface area contributed by atoms with E-state index in [1.54, 1.807) is 6.33 Å². The number of ether oxygens (including phenoxy) is 1. The Bertz CT molecular complexity index is 1210. The lowest BCUT2D eigenvalue weighted by Gasteiger charge is -2.36. The van der Waals surface area contributed by atoms with Crippen LogP contribution in [0.2, 0.25) is 0 Å². The highest BCUT2D eigenvalue weighted by Crippen LogP contribution is 2.21. The number of anilines is 2. The van der Waals surface area contributed by atoms with Crippen LogP contribution in [0.15, 0.2) is 60.9 Å². The minimum absolute atomic E-state index is 0.144.